The van der Waals surface area contributed by atoms with Crippen LogP contribution >= 0.6 is 11.3 Å². The van der Waals surface area contributed by atoms with Gasteiger partial charge in [0, 0.05) is 24.2 Å². The number of rotatable bonds is 10. The number of pyridine rings is 1. The number of fused-ring (bicyclic) bond motifs is 5. The first-order chi connectivity index (χ1) is 14.3. The molecule has 0 saturated heterocycles. The van der Waals surface area contributed by atoms with Gasteiger partial charge in [0.05, 0.1) is 10.2 Å². The van der Waals surface area contributed by atoms with Crippen molar-refractivity contribution in [1.82, 2.24) is 15.0 Å². The molecular formula is C24H34N4S. The third-order valence-corrected chi connectivity index (χ3v) is 7.24. The second kappa shape index (κ2) is 9.38. The van der Waals surface area contributed by atoms with E-state index in [9.17, 15) is 0 Å². The third-order valence-electron chi connectivity index (χ3n) is 6.17. The van der Waals surface area contributed by atoms with E-state index in [0.717, 1.165) is 30.8 Å². The number of hydrogen-bond acceptors (Lipinski definition) is 5. The first-order valence-corrected chi connectivity index (χ1v) is 12.4. The van der Waals surface area contributed by atoms with Gasteiger partial charge in [-0.05, 0) is 56.1 Å². The van der Waals surface area contributed by atoms with Gasteiger partial charge in [0.25, 0.3) is 0 Å². The predicted molar refractivity (Wildman–Crippen MR) is 125 cm³/mol. The molecule has 0 bridgehead atoms. The van der Waals surface area contributed by atoms with Gasteiger partial charge in [0.2, 0.25) is 0 Å². The van der Waals surface area contributed by atoms with Crippen LogP contribution in [0.1, 0.15) is 82.5 Å². The predicted octanol–water partition coefficient (Wildman–Crippen LogP) is 6.48. The van der Waals surface area contributed by atoms with Crippen LogP contribution in [0.2, 0.25) is 0 Å². The highest BCUT2D eigenvalue weighted by molar-refractivity contribution is 7.26. The summed E-state index contributed by atoms with van der Waals surface area (Å²) in [4.78, 5) is 18.4. The second-order valence-corrected chi connectivity index (χ2v) is 9.32. The van der Waals surface area contributed by atoms with Gasteiger partial charge in [-0.15, -0.1) is 11.3 Å². The van der Waals surface area contributed by atoms with E-state index in [1.807, 2.05) is 11.3 Å². The Hall–Kier alpha value is -1.75. The molecule has 0 saturated carbocycles. The molecule has 3 aromatic rings. The Morgan fingerprint density at radius 1 is 0.931 bits per heavy atom. The van der Waals surface area contributed by atoms with Crippen LogP contribution in [-0.4, -0.2) is 28.0 Å². The van der Waals surface area contributed by atoms with E-state index in [4.69, 9.17) is 15.0 Å². The summed E-state index contributed by atoms with van der Waals surface area (Å²) in [5, 5.41) is 1.33. The summed E-state index contributed by atoms with van der Waals surface area (Å²) in [5.41, 5.74) is 5.55. The lowest BCUT2D eigenvalue weighted by atomic mass is 10.0. The van der Waals surface area contributed by atoms with E-state index in [1.165, 1.54) is 89.5 Å². The van der Waals surface area contributed by atoms with Gasteiger partial charge in [0.1, 0.15) is 17.0 Å². The van der Waals surface area contributed by atoms with Crippen molar-refractivity contribution < 1.29 is 0 Å². The van der Waals surface area contributed by atoms with E-state index < -0.39 is 0 Å². The number of aryl methyl sites for hydroxylation is 2. The molecule has 0 unspecified atom stereocenters. The minimum Gasteiger partial charge on any atom is -0.355 e. The van der Waals surface area contributed by atoms with Crippen molar-refractivity contribution in [1.29, 1.82) is 0 Å². The molecule has 29 heavy (non-hydrogen) atoms. The SMILES string of the molecule is CCCCc1nc2sc3c(N(CCCC)CCCC)ncnc3c2c2c1CCC2. The summed E-state index contributed by atoms with van der Waals surface area (Å²) >= 11 is 1.82. The number of hydrogen-bond donors (Lipinski definition) is 0. The normalized spacial score (nSPS) is 13.5. The zero-order valence-electron chi connectivity index (χ0n) is 18.3. The van der Waals surface area contributed by atoms with Crippen LogP contribution in [0.15, 0.2) is 6.33 Å². The van der Waals surface area contributed by atoms with Crippen LogP contribution in [0.5, 0.6) is 0 Å². The number of nitrogens with zero attached hydrogens (tertiary/aromatic N) is 4. The van der Waals surface area contributed by atoms with E-state index in [-0.39, 0.29) is 0 Å². The fourth-order valence-corrected chi connectivity index (χ4v) is 5.76. The maximum absolute atomic E-state index is 5.18. The second-order valence-electron chi connectivity index (χ2n) is 8.32. The molecule has 156 valence electrons. The fraction of sp³-hybridized carbons (Fsp3) is 0.625. The lowest BCUT2D eigenvalue weighted by Crippen LogP contribution is -2.26. The molecule has 0 aromatic carbocycles. The Balaban J connectivity index is 1.85. The molecule has 0 aliphatic heterocycles. The van der Waals surface area contributed by atoms with Gasteiger partial charge in [-0.2, -0.15) is 0 Å². The van der Waals surface area contributed by atoms with Crippen LogP contribution in [0.4, 0.5) is 5.82 Å². The van der Waals surface area contributed by atoms with Gasteiger partial charge in [-0.3, -0.25) is 0 Å². The zero-order chi connectivity index (χ0) is 20.2. The summed E-state index contributed by atoms with van der Waals surface area (Å²) in [6, 6.07) is 0. The lowest BCUT2D eigenvalue weighted by Gasteiger charge is -2.23. The summed E-state index contributed by atoms with van der Waals surface area (Å²) in [7, 11) is 0. The quantitative estimate of drug-likeness (QED) is 0.384. The monoisotopic (exact) mass is 410 g/mol. The molecule has 1 aliphatic rings. The van der Waals surface area contributed by atoms with Gasteiger partial charge >= 0.3 is 0 Å². The Labute approximate surface area is 178 Å². The maximum atomic E-state index is 5.18. The van der Waals surface area contributed by atoms with Gasteiger partial charge < -0.3 is 4.90 Å². The average Bonchev–Trinajstić information content (AvgIpc) is 3.36. The molecule has 4 rings (SSSR count). The van der Waals surface area contributed by atoms with Crippen molar-refractivity contribution in [2.24, 2.45) is 0 Å². The highest BCUT2D eigenvalue weighted by atomic mass is 32.1. The first-order valence-electron chi connectivity index (χ1n) is 11.6. The van der Waals surface area contributed by atoms with Crippen molar-refractivity contribution >= 4 is 37.6 Å². The standard InChI is InChI=1S/C24H34N4S/c1-4-7-13-19-17-11-10-12-18(17)20-21-22(29-24(20)27-19)23(26-16-25-21)28(14-8-5-2)15-9-6-3/h16H,4-15H2,1-3H3. The Morgan fingerprint density at radius 2 is 1.66 bits per heavy atom. The molecule has 3 heterocycles. The van der Waals surface area contributed by atoms with Crippen molar-refractivity contribution in [2.45, 2.75) is 85.0 Å². The van der Waals surface area contributed by atoms with Crippen LogP contribution < -0.4 is 4.90 Å². The van der Waals surface area contributed by atoms with Gasteiger partial charge in [0.15, 0.2) is 0 Å². The maximum Gasteiger partial charge on any atom is 0.150 e. The number of unbranched alkanes of at least 4 members (excludes halogenated alkanes) is 3. The number of anilines is 1. The molecule has 0 amide bonds. The smallest absolute Gasteiger partial charge is 0.150 e. The summed E-state index contributed by atoms with van der Waals surface area (Å²) in [5.74, 6) is 1.13. The zero-order valence-corrected chi connectivity index (χ0v) is 19.1. The Bertz CT molecular complexity index is 970. The first kappa shape index (κ1) is 20.5. The van der Waals surface area contributed by atoms with E-state index in [2.05, 4.69) is 25.7 Å². The van der Waals surface area contributed by atoms with Crippen LogP contribution in [0, 0.1) is 0 Å². The van der Waals surface area contributed by atoms with E-state index in [0.29, 0.717) is 0 Å². The molecule has 3 aromatic heterocycles. The van der Waals surface area contributed by atoms with Crippen molar-refractivity contribution in [3.05, 3.63) is 23.1 Å². The number of thiophene rings is 1. The van der Waals surface area contributed by atoms with Crippen molar-refractivity contribution in [2.75, 3.05) is 18.0 Å². The molecule has 0 spiro atoms. The molecule has 1 aliphatic carbocycles. The molecular weight excluding hydrogens is 376 g/mol. The Morgan fingerprint density at radius 3 is 2.38 bits per heavy atom. The van der Waals surface area contributed by atoms with Crippen LogP contribution in [0.25, 0.3) is 20.4 Å². The molecule has 0 fully saturated rings. The average molecular weight is 411 g/mol. The van der Waals surface area contributed by atoms with E-state index >= 15 is 0 Å². The molecule has 5 heteroatoms. The Kier molecular flexibility index (Phi) is 6.63. The molecule has 0 radical (unpaired) electrons. The summed E-state index contributed by atoms with van der Waals surface area (Å²) in [6.45, 7) is 8.94. The largest absolute Gasteiger partial charge is 0.355 e. The third kappa shape index (κ3) is 3.98. The minimum absolute atomic E-state index is 1.07. The lowest BCUT2D eigenvalue weighted by molar-refractivity contribution is 0.673. The summed E-state index contributed by atoms with van der Waals surface area (Å²) < 4.78 is 1.24. The van der Waals surface area contributed by atoms with E-state index in [1.54, 1.807) is 6.33 Å². The molecule has 4 nitrogen and oxygen atoms in total. The fourth-order valence-electron chi connectivity index (χ4n) is 4.56. The minimum atomic E-state index is 1.07. The van der Waals surface area contributed by atoms with Crippen molar-refractivity contribution in [3.63, 3.8) is 0 Å². The highest BCUT2D eigenvalue weighted by Crippen LogP contribution is 2.42. The highest BCUT2D eigenvalue weighted by Gasteiger charge is 2.25. The van der Waals surface area contributed by atoms with Crippen LogP contribution in [0.3, 0.4) is 0 Å². The van der Waals surface area contributed by atoms with Gasteiger partial charge in [-0.25, -0.2) is 15.0 Å². The molecule has 0 N–H and O–H groups in total. The molecule has 0 atom stereocenters. The van der Waals surface area contributed by atoms with Crippen LogP contribution in [-0.2, 0) is 19.3 Å². The summed E-state index contributed by atoms with van der Waals surface area (Å²) in [6.07, 6.45) is 13.8. The van der Waals surface area contributed by atoms with Crippen molar-refractivity contribution in [3.8, 4) is 0 Å². The number of aromatic nitrogens is 3. The van der Waals surface area contributed by atoms with Gasteiger partial charge in [-0.1, -0.05) is 40.0 Å². The topological polar surface area (TPSA) is 41.9 Å².